The van der Waals surface area contributed by atoms with Crippen molar-refractivity contribution in [2.75, 3.05) is 6.54 Å². The third-order valence-electron chi connectivity index (χ3n) is 3.60. The highest BCUT2D eigenvalue weighted by Gasteiger charge is 2.06. The number of aromatic nitrogens is 1. The van der Waals surface area contributed by atoms with Gasteiger partial charge in [-0.15, -0.1) is 0 Å². The molecule has 1 aromatic heterocycles. The molecular formula is C18H15FN2O2. The van der Waals surface area contributed by atoms with Gasteiger partial charge in [0, 0.05) is 17.7 Å². The van der Waals surface area contributed by atoms with E-state index in [2.05, 4.69) is 10.3 Å². The highest BCUT2D eigenvalue weighted by molar-refractivity contribution is 5.94. The van der Waals surface area contributed by atoms with Gasteiger partial charge in [0.2, 0.25) is 0 Å². The number of amides is 1. The standard InChI is InChI=1S/C18H15FN2O2/c19-15-7-6-13-10-14(18(23)21-16(13)11-15)8-9-20-17(22)12-4-2-1-3-5-12/h1-7,10-11H,8-9H2,(H,20,22)(H,21,23). The lowest BCUT2D eigenvalue weighted by molar-refractivity contribution is 0.0954. The van der Waals surface area contributed by atoms with Crippen molar-refractivity contribution in [3.8, 4) is 0 Å². The second kappa shape index (κ2) is 6.44. The molecule has 0 aliphatic heterocycles. The predicted octanol–water partition coefficient (Wildman–Crippen LogP) is 2.64. The summed E-state index contributed by atoms with van der Waals surface area (Å²) in [5.74, 6) is -0.569. The summed E-state index contributed by atoms with van der Waals surface area (Å²) in [6.07, 6.45) is 0.404. The maximum absolute atomic E-state index is 13.2. The summed E-state index contributed by atoms with van der Waals surface area (Å²) in [5.41, 5.74) is 1.33. The van der Waals surface area contributed by atoms with Gasteiger partial charge in [0.25, 0.3) is 11.5 Å². The van der Waals surface area contributed by atoms with Crippen LogP contribution in [0.25, 0.3) is 10.9 Å². The molecule has 0 aliphatic rings. The fourth-order valence-electron chi connectivity index (χ4n) is 2.41. The van der Waals surface area contributed by atoms with Crippen LogP contribution >= 0.6 is 0 Å². The summed E-state index contributed by atoms with van der Waals surface area (Å²) in [6.45, 7) is 0.351. The Balaban J connectivity index is 1.70. The molecule has 0 unspecified atom stereocenters. The smallest absolute Gasteiger partial charge is 0.251 e. The van der Waals surface area contributed by atoms with Crippen molar-refractivity contribution >= 4 is 16.8 Å². The maximum atomic E-state index is 13.2. The number of halogens is 1. The molecule has 0 fully saturated rings. The van der Waals surface area contributed by atoms with E-state index in [1.165, 1.54) is 12.1 Å². The summed E-state index contributed by atoms with van der Waals surface area (Å²) in [4.78, 5) is 26.6. The van der Waals surface area contributed by atoms with Crippen LogP contribution in [0, 0.1) is 5.82 Å². The lowest BCUT2D eigenvalue weighted by Gasteiger charge is -2.06. The predicted molar refractivity (Wildman–Crippen MR) is 87.0 cm³/mol. The molecule has 0 saturated heterocycles. The molecule has 3 aromatic rings. The van der Waals surface area contributed by atoms with Crippen molar-refractivity contribution in [1.29, 1.82) is 0 Å². The highest BCUT2D eigenvalue weighted by Crippen LogP contribution is 2.12. The Hall–Kier alpha value is -2.95. The van der Waals surface area contributed by atoms with E-state index in [9.17, 15) is 14.0 Å². The van der Waals surface area contributed by atoms with Gasteiger partial charge in [0.15, 0.2) is 0 Å². The third kappa shape index (κ3) is 3.45. The second-order valence-corrected chi connectivity index (χ2v) is 5.23. The average Bonchev–Trinajstić information content (AvgIpc) is 2.56. The number of H-pyrrole nitrogens is 1. The van der Waals surface area contributed by atoms with E-state index in [1.54, 1.807) is 36.4 Å². The molecule has 23 heavy (non-hydrogen) atoms. The Morgan fingerprint density at radius 1 is 1.09 bits per heavy atom. The molecule has 1 amide bonds. The van der Waals surface area contributed by atoms with E-state index in [0.717, 1.165) is 5.39 Å². The Morgan fingerprint density at radius 3 is 2.65 bits per heavy atom. The summed E-state index contributed by atoms with van der Waals surface area (Å²) in [6, 6.07) is 14.9. The Bertz CT molecular complexity index is 904. The molecule has 3 rings (SSSR count). The number of carbonyl (C=O) groups excluding carboxylic acids is 1. The number of nitrogens with one attached hydrogen (secondary N) is 2. The van der Waals surface area contributed by atoms with Crippen LogP contribution in [0.1, 0.15) is 15.9 Å². The normalized spacial score (nSPS) is 10.7. The van der Waals surface area contributed by atoms with Gasteiger partial charge < -0.3 is 10.3 Å². The largest absolute Gasteiger partial charge is 0.352 e. The summed E-state index contributed by atoms with van der Waals surface area (Å²) < 4.78 is 13.2. The zero-order valence-corrected chi connectivity index (χ0v) is 12.3. The summed E-state index contributed by atoms with van der Waals surface area (Å²) in [7, 11) is 0. The minimum Gasteiger partial charge on any atom is -0.352 e. The van der Waals surface area contributed by atoms with Crippen molar-refractivity contribution in [3.05, 3.63) is 81.9 Å². The van der Waals surface area contributed by atoms with Crippen LogP contribution in [0.15, 0.2) is 59.4 Å². The Labute approximate surface area is 132 Å². The lowest BCUT2D eigenvalue weighted by Crippen LogP contribution is -2.27. The second-order valence-electron chi connectivity index (χ2n) is 5.23. The molecule has 4 nitrogen and oxygen atoms in total. The topological polar surface area (TPSA) is 62.0 Å². The minimum atomic E-state index is -0.393. The van der Waals surface area contributed by atoms with E-state index in [0.29, 0.717) is 29.6 Å². The van der Waals surface area contributed by atoms with Crippen molar-refractivity contribution in [1.82, 2.24) is 10.3 Å². The molecule has 0 aliphatic carbocycles. The fraction of sp³-hybridized carbons (Fsp3) is 0.111. The zero-order valence-electron chi connectivity index (χ0n) is 12.3. The van der Waals surface area contributed by atoms with Crippen LogP contribution in [0.5, 0.6) is 0 Å². The van der Waals surface area contributed by atoms with E-state index < -0.39 is 5.82 Å². The van der Waals surface area contributed by atoms with E-state index >= 15 is 0 Å². The van der Waals surface area contributed by atoms with Crippen LogP contribution in [0.2, 0.25) is 0 Å². The first-order chi connectivity index (χ1) is 11.1. The monoisotopic (exact) mass is 310 g/mol. The van der Waals surface area contributed by atoms with E-state index in [1.807, 2.05) is 6.07 Å². The number of aromatic amines is 1. The summed E-state index contributed by atoms with van der Waals surface area (Å²) >= 11 is 0. The first-order valence-corrected chi connectivity index (χ1v) is 7.28. The molecule has 0 atom stereocenters. The number of hydrogen-bond donors (Lipinski definition) is 2. The van der Waals surface area contributed by atoms with Crippen LogP contribution in [0.3, 0.4) is 0 Å². The average molecular weight is 310 g/mol. The van der Waals surface area contributed by atoms with Crippen LogP contribution in [-0.2, 0) is 6.42 Å². The minimum absolute atomic E-state index is 0.176. The zero-order chi connectivity index (χ0) is 16.2. The van der Waals surface area contributed by atoms with Crippen LogP contribution in [-0.4, -0.2) is 17.4 Å². The number of rotatable bonds is 4. The third-order valence-corrected chi connectivity index (χ3v) is 3.60. The van der Waals surface area contributed by atoms with Gasteiger partial charge in [0.1, 0.15) is 5.82 Å². The van der Waals surface area contributed by atoms with Crippen LogP contribution in [0.4, 0.5) is 4.39 Å². The number of carbonyl (C=O) groups is 1. The van der Waals surface area contributed by atoms with Gasteiger partial charge in [-0.3, -0.25) is 9.59 Å². The molecule has 2 aromatic carbocycles. The Morgan fingerprint density at radius 2 is 1.87 bits per heavy atom. The molecule has 116 valence electrons. The molecule has 0 saturated carbocycles. The molecule has 0 bridgehead atoms. The molecule has 0 radical (unpaired) electrons. The molecular weight excluding hydrogens is 295 g/mol. The number of pyridine rings is 1. The number of benzene rings is 2. The van der Waals surface area contributed by atoms with Gasteiger partial charge in [-0.1, -0.05) is 18.2 Å². The van der Waals surface area contributed by atoms with Crippen LogP contribution < -0.4 is 10.9 Å². The first kappa shape index (κ1) is 15.0. The summed E-state index contributed by atoms with van der Waals surface area (Å²) in [5, 5.41) is 3.54. The number of fused-ring (bicyclic) bond motifs is 1. The number of hydrogen-bond acceptors (Lipinski definition) is 2. The van der Waals surface area contributed by atoms with Gasteiger partial charge in [-0.2, -0.15) is 0 Å². The Kier molecular flexibility index (Phi) is 4.19. The van der Waals surface area contributed by atoms with Crippen molar-refractivity contribution in [2.24, 2.45) is 0 Å². The van der Waals surface area contributed by atoms with Crippen molar-refractivity contribution in [3.63, 3.8) is 0 Å². The molecule has 1 heterocycles. The van der Waals surface area contributed by atoms with E-state index in [-0.39, 0.29) is 11.5 Å². The first-order valence-electron chi connectivity index (χ1n) is 7.28. The molecule has 0 spiro atoms. The highest BCUT2D eigenvalue weighted by atomic mass is 19.1. The quantitative estimate of drug-likeness (QED) is 0.778. The molecule has 5 heteroatoms. The van der Waals surface area contributed by atoms with E-state index in [4.69, 9.17) is 0 Å². The van der Waals surface area contributed by atoms with Crippen molar-refractivity contribution < 1.29 is 9.18 Å². The molecule has 2 N–H and O–H groups in total. The lowest BCUT2D eigenvalue weighted by atomic mass is 10.1. The van der Waals surface area contributed by atoms with Crippen molar-refractivity contribution in [2.45, 2.75) is 6.42 Å². The van der Waals surface area contributed by atoms with Gasteiger partial charge in [0.05, 0.1) is 5.52 Å². The SMILES string of the molecule is O=C(NCCc1cc2ccc(F)cc2[nH]c1=O)c1ccccc1. The van der Waals surface area contributed by atoms with Gasteiger partial charge in [-0.25, -0.2) is 4.39 Å². The van der Waals surface area contributed by atoms with Gasteiger partial charge >= 0.3 is 0 Å². The fourth-order valence-corrected chi connectivity index (χ4v) is 2.41. The van der Waals surface area contributed by atoms with Gasteiger partial charge in [-0.05, 0) is 48.2 Å². The maximum Gasteiger partial charge on any atom is 0.251 e.